The molecule has 0 aromatic heterocycles. The van der Waals surface area contributed by atoms with E-state index in [1.807, 2.05) is 11.9 Å². The summed E-state index contributed by atoms with van der Waals surface area (Å²) in [4.78, 5) is 17.1. The minimum atomic E-state index is -0.209. The van der Waals surface area contributed by atoms with Crippen molar-refractivity contribution in [3.63, 3.8) is 0 Å². The summed E-state index contributed by atoms with van der Waals surface area (Å²) in [6.07, 6.45) is 8.22. The van der Waals surface area contributed by atoms with Crippen LogP contribution in [0.2, 0.25) is 0 Å². The molecule has 1 heterocycles. The van der Waals surface area contributed by atoms with Gasteiger partial charge in [0.1, 0.15) is 11.9 Å². The minimum absolute atomic E-state index is 0.0468. The number of likely N-dealkylation sites (tertiary alicyclic amines) is 1. The molecule has 4 rings (SSSR count). The number of carbonyl (C=O) groups is 1. The average molecular weight is 424 g/mol. The zero-order valence-corrected chi connectivity index (χ0v) is 18.8. The molecule has 1 amide bonds. The molecular weight excluding hydrogens is 389 g/mol. The first-order valence-corrected chi connectivity index (χ1v) is 11.5. The number of carbonyl (C=O) groups excluding carboxylic acids is 1. The van der Waals surface area contributed by atoms with Gasteiger partial charge in [-0.15, -0.1) is 0 Å². The molecule has 0 saturated carbocycles. The molecule has 0 bridgehead atoms. The predicted octanol–water partition coefficient (Wildman–Crippen LogP) is 4.97. The number of nitrogens with one attached hydrogen (secondary N) is 1. The van der Waals surface area contributed by atoms with E-state index in [-0.39, 0.29) is 23.8 Å². The van der Waals surface area contributed by atoms with Gasteiger partial charge < -0.3 is 15.1 Å². The zero-order valence-electron chi connectivity index (χ0n) is 18.8. The molecule has 2 aliphatic carbocycles. The molecule has 1 saturated heterocycles. The van der Waals surface area contributed by atoms with E-state index in [2.05, 4.69) is 48.0 Å². The van der Waals surface area contributed by atoms with Gasteiger partial charge in [-0.05, 0) is 63.5 Å². The summed E-state index contributed by atoms with van der Waals surface area (Å²) >= 11 is 0. The van der Waals surface area contributed by atoms with Crippen LogP contribution in [-0.2, 0) is 11.3 Å². The van der Waals surface area contributed by atoms with Crippen molar-refractivity contribution in [2.75, 3.05) is 13.6 Å². The molecule has 2 atom stereocenters. The summed E-state index contributed by atoms with van der Waals surface area (Å²) in [5.74, 6) is 0.795. The third-order valence-electron chi connectivity index (χ3n) is 6.87. The third-order valence-corrected chi connectivity index (χ3v) is 6.87. The molecule has 0 spiro atoms. The fourth-order valence-corrected chi connectivity index (χ4v) is 5.20. The monoisotopic (exact) mass is 423 g/mol. The summed E-state index contributed by atoms with van der Waals surface area (Å²) in [5, 5.41) is 3.49. The van der Waals surface area contributed by atoms with E-state index in [0.29, 0.717) is 6.54 Å². The van der Waals surface area contributed by atoms with Gasteiger partial charge >= 0.3 is 0 Å². The van der Waals surface area contributed by atoms with Crippen molar-refractivity contribution >= 4 is 5.91 Å². The van der Waals surface area contributed by atoms with Gasteiger partial charge in [0.15, 0.2) is 0 Å². The highest BCUT2D eigenvalue weighted by Crippen LogP contribution is 2.37. The molecule has 1 aromatic rings. The van der Waals surface area contributed by atoms with Crippen molar-refractivity contribution in [2.24, 2.45) is 0 Å². The zero-order chi connectivity index (χ0) is 22.0. The Hall–Kier alpha value is -2.56. The van der Waals surface area contributed by atoms with Gasteiger partial charge in [-0.3, -0.25) is 4.79 Å². The van der Waals surface area contributed by atoms with Gasteiger partial charge in [0.25, 0.3) is 0 Å². The van der Waals surface area contributed by atoms with Crippen molar-refractivity contribution < 1.29 is 9.18 Å². The fourth-order valence-electron chi connectivity index (χ4n) is 5.20. The van der Waals surface area contributed by atoms with E-state index < -0.39 is 0 Å². The maximum absolute atomic E-state index is 14.6. The Kier molecular flexibility index (Phi) is 6.49. The second-order valence-electron chi connectivity index (χ2n) is 9.18. The number of aryl methyl sites for hydroxylation is 1. The molecule has 2 unspecified atom stereocenters. The Morgan fingerprint density at radius 3 is 2.77 bits per heavy atom. The minimum Gasteiger partial charge on any atom is -0.365 e. The summed E-state index contributed by atoms with van der Waals surface area (Å²) in [6, 6.07) is 8.05. The van der Waals surface area contributed by atoms with Gasteiger partial charge in [0.2, 0.25) is 5.91 Å². The number of hydrogen-bond acceptors (Lipinski definition) is 3. The summed E-state index contributed by atoms with van der Waals surface area (Å²) in [6.45, 7) is 7.72. The molecule has 166 valence electrons. The lowest BCUT2D eigenvalue weighted by atomic mass is 9.82. The Morgan fingerprint density at radius 2 is 2.00 bits per heavy atom. The Bertz CT molecular complexity index is 902. The van der Waals surface area contributed by atoms with Crippen LogP contribution in [0.3, 0.4) is 0 Å². The predicted molar refractivity (Wildman–Crippen MR) is 123 cm³/mol. The van der Waals surface area contributed by atoms with E-state index in [1.165, 1.54) is 11.1 Å². The highest BCUT2D eigenvalue weighted by molar-refractivity contribution is 5.82. The first kappa shape index (κ1) is 21.7. The number of halogens is 1. The first-order valence-electron chi connectivity index (χ1n) is 11.5. The number of amides is 1. The van der Waals surface area contributed by atoms with E-state index in [1.54, 1.807) is 6.08 Å². The maximum Gasteiger partial charge on any atom is 0.245 e. The van der Waals surface area contributed by atoms with Crippen LogP contribution >= 0.6 is 0 Å². The molecule has 1 aliphatic heterocycles. The van der Waals surface area contributed by atoms with Crippen LogP contribution in [0.4, 0.5) is 4.39 Å². The van der Waals surface area contributed by atoms with E-state index in [4.69, 9.17) is 0 Å². The summed E-state index contributed by atoms with van der Waals surface area (Å²) < 4.78 is 14.6. The van der Waals surface area contributed by atoms with Crippen LogP contribution in [-0.4, -0.2) is 41.4 Å². The standard InChI is InChI=1S/C26H34FN3O/c1-18-12-14-20(15-13-18)17-29(3)26(31)24-11-6-16-30(24)19(2)28-23-10-5-8-21-7-4-9-22(27)25(21)23/h9,12-15,23-24,28H,2,4-8,10-11,16-17H2,1,3H3. The van der Waals surface area contributed by atoms with E-state index in [0.717, 1.165) is 68.4 Å². The number of hydrogen-bond donors (Lipinski definition) is 1. The second-order valence-corrected chi connectivity index (χ2v) is 9.18. The van der Waals surface area contributed by atoms with Crippen LogP contribution in [0.15, 0.2) is 59.7 Å². The van der Waals surface area contributed by atoms with Crippen molar-refractivity contribution in [1.82, 2.24) is 15.1 Å². The number of rotatable bonds is 6. The molecular formula is C26H34FN3O. The molecule has 1 fully saturated rings. The Balaban J connectivity index is 1.41. The van der Waals surface area contributed by atoms with Gasteiger partial charge in [0.05, 0.1) is 11.9 Å². The number of likely N-dealkylation sites (N-methyl/N-ethyl adjacent to an activating group) is 1. The van der Waals surface area contributed by atoms with E-state index >= 15 is 0 Å². The SMILES string of the molecule is C=C(NC1CCCC2=C1C(F)=CCC2)N1CCCC1C(=O)N(C)Cc1ccc(C)cc1. The second kappa shape index (κ2) is 9.29. The van der Waals surface area contributed by atoms with Gasteiger partial charge in [-0.1, -0.05) is 42.0 Å². The van der Waals surface area contributed by atoms with Gasteiger partial charge in [-0.2, -0.15) is 0 Å². The highest BCUT2D eigenvalue weighted by Gasteiger charge is 2.35. The third kappa shape index (κ3) is 4.70. The molecule has 3 aliphatic rings. The fraction of sp³-hybridized carbons (Fsp3) is 0.500. The molecule has 1 N–H and O–H groups in total. The lowest BCUT2D eigenvalue weighted by Gasteiger charge is -2.36. The van der Waals surface area contributed by atoms with Gasteiger partial charge in [0, 0.05) is 25.7 Å². The quantitative estimate of drug-likeness (QED) is 0.701. The van der Waals surface area contributed by atoms with Crippen molar-refractivity contribution in [3.05, 3.63) is 70.8 Å². The number of nitrogens with zero attached hydrogens (tertiary/aromatic N) is 2. The van der Waals surface area contributed by atoms with Crippen molar-refractivity contribution in [1.29, 1.82) is 0 Å². The first-order chi connectivity index (χ1) is 14.9. The van der Waals surface area contributed by atoms with Gasteiger partial charge in [-0.25, -0.2) is 4.39 Å². The van der Waals surface area contributed by atoms with Crippen molar-refractivity contribution in [2.45, 2.75) is 70.5 Å². The van der Waals surface area contributed by atoms with Crippen molar-refractivity contribution in [3.8, 4) is 0 Å². The lowest BCUT2D eigenvalue weighted by Crippen LogP contribution is -2.47. The van der Waals surface area contributed by atoms with Crippen LogP contribution in [0.25, 0.3) is 0 Å². The molecule has 31 heavy (non-hydrogen) atoms. The Morgan fingerprint density at radius 1 is 1.23 bits per heavy atom. The summed E-state index contributed by atoms with van der Waals surface area (Å²) in [7, 11) is 1.87. The van der Waals surface area contributed by atoms with E-state index in [9.17, 15) is 9.18 Å². The Labute approximate surface area is 185 Å². The normalized spacial score (nSPS) is 23.3. The highest BCUT2D eigenvalue weighted by atomic mass is 19.1. The number of allylic oxidation sites excluding steroid dienone is 2. The molecule has 1 aromatic carbocycles. The van der Waals surface area contributed by atoms with Crippen LogP contribution < -0.4 is 5.32 Å². The lowest BCUT2D eigenvalue weighted by molar-refractivity contribution is -0.134. The van der Waals surface area contributed by atoms with Crippen LogP contribution in [0, 0.1) is 6.92 Å². The summed E-state index contributed by atoms with van der Waals surface area (Å²) in [5.41, 5.74) is 4.44. The van der Waals surface area contributed by atoms with Crippen LogP contribution in [0.5, 0.6) is 0 Å². The molecule has 5 heteroatoms. The topological polar surface area (TPSA) is 35.6 Å². The average Bonchev–Trinajstić information content (AvgIpc) is 3.25. The number of benzene rings is 1. The molecule has 4 nitrogen and oxygen atoms in total. The smallest absolute Gasteiger partial charge is 0.245 e. The maximum atomic E-state index is 14.6. The molecule has 0 radical (unpaired) electrons. The van der Waals surface area contributed by atoms with Crippen LogP contribution in [0.1, 0.15) is 56.1 Å². The largest absolute Gasteiger partial charge is 0.365 e.